The molecule has 2 aromatic heterocycles. The van der Waals surface area contributed by atoms with Crippen LogP contribution in [-0.4, -0.2) is 36.0 Å². The SMILES string of the molecule is Cn1c(Sc2nnccc2/C(N)=N/O)n[nH]c1=O. The van der Waals surface area contributed by atoms with Gasteiger partial charge in [-0.25, -0.2) is 9.89 Å². The number of nitrogens with one attached hydrogen (secondary N) is 1. The van der Waals surface area contributed by atoms with E-state index in [1.54, 1.807) is 13.1 Å². The summed E-state index contributed by atoms with van der Waals surface area (Å²) >= 11 is 1.08. The Bertz CT molecular complexity index is 647. The van der Waals surface area contributed by atoms with E-state index in [0.29, 0.717) is 15.7 Å². The highest BCUT2D eigenvalue weighted by Gasteiger charge is 2.14. The van der Waals surface area contributed by atoms with E-state index in [1.807, 2.05) is 0 Å². The average molecular weight is 267 g/mol. The molecule has 0 fully saturated rings. The summed E-state index contributed by atoms with van der Waals surface area (Å²) in [5.74, 6) is -0.0899. The first kappa shape index (κ1) is 12.1. The molecule has 0 aliphatic carbocycles. The van der Waals surface area contributed by atoms with E-state index >= 15 is 0 Å². The van der Waals surface area contributed by atoms with Crippen LogP contribution in [0.15, 0.2) is 32.4 Å². The van der Waals surface area contributed by atoms with Gasteiger partial charge in [0.05, 0.1) is 11.8 Å². The summed E-state index contributed by atoms with van der Waals surface area (Å²) in [6.07, 6.45) is 1.42. The Labute approximate surface area is 105 Å². The molecular formula is C8H9N7O2S. The Morgan fingerprint density at radius 1 is 1.67 bits per heavy atom. The lowest BCUT2D eigenvalue weighted by atomic mass is 10.3. The summed E-state index contributed by atoms with van der Waals surface area (Å²) in [5.41, 5.74) is 5.58. The molecule has 0 bridgehead atoms. The van der Waals surface area contributed by atoms with Gasteiger partial charge in [0.1, 0.15) is 5.03 Å². The fourth-order valence-electron chi connectivity index (χ4n) is 1.15. The van der Waals surface area contributed by atoms with Crippen LogP contribution in [0.2, 0.25) is 0 Å². The second kappa shape index (κ2) is 4.87. The molecule has 9 nitrogen and oxygen atoms in total. The fourth-order valence-corrected chi connectivity index (χ4v) is 2.01. The maximum atomic E-state index is 11.2. The zero-order valence-electron chi connectivity index (χ0n) is 9.23. The topological polar surface area (TPSA) is 135 Å². The van der Waals surface area contributed by atoms with Gasteiger partial charge in [-0.05, 0) is 17.8 Å². The molecule has 0 spiro atoms. The minimum atomic E-state index is -0.341. The Kier molecular flexibility index (Phi) is 3.28. The largest absolute Gasteiger partial charge is 0.409 e. The second-order valence-electron chi connectivity index (χ2n) is 3.21. The first-order valence-corrected chi connectivity index (χ1v) is 5.54. The fraction of sp³-hybridized carbons (Fsp3) is 0.125. The normalized spacial score (nSPS) is 11.7. The Morgan fingerprint density at radius 2 is 2.44 bits per heavy atom. The molecule has 0 aliphatic heterocycles. The second-order valence-corrected chi connectivity index (χ2v) is 4.16. The van der Waals surface area contributed by atoms with E-state index in [2.05, 4.69) is 25.6 Å². The summed E-state index contributed by atoms with van der Waals surface area (Å²) < 4.78 is 1.31. The van der Waals surface area contributed by atoms with E-state index in [-0.39, 0.29) is 11.5 Å². The highest BCUT2D eigenvalue weighted by atomic mass is 32.2. The first-order valence-electron chi connectivity index (χ1n) is 4.72. The molecule has 0 unspecified atom stereocenters. The summed E-state index contributed by atoms with van der Waals surface area (Å²) in [6.45, 7) is 0. The highest BCUT2D eigenvalue weighted by molar-refractivity contribution is 7.99. The number of hydrogen-bond acceptors (Lipinski definition) is 7. The van der Waals surface area contributed by atoms with Crippen LogP contribution in [0.25, 0.3) is 0 Å². The van der Waals surface area contributed by atoms with Gasteiger partial charge in [0.15, 0.2) is 11.0 Å². The monoisotopic (exact) mass is 267 g/mol. The number of aromatic nitrogens is 5. The van der Waals surface area contributed by atoms with Crippen LogP contribution in [0.1, 0.15) is 5.56 Å². The van der Waals surface area contributed by atoms with Crippen LogP contribution < -0.4 is 11.4 Å². The number of nitrogens with two attached hydrogens (primary N) is 1. The molecule has 0 radical (unpaired) electrons. The first-order chi connectivity index (χ1) is 8.63. The van der Waals surface area contributed by atoms with Gasteiger partial charge < -0.3 is 10.9 Å². The summed E-state index contributed by atoms with van der Waals surface area (Å²) in [4.78, 5) is 11.2. The molecule has 18 heavy (non-hydrogen) atoms. The molecule has 0 aromatic carbocycles. The average Bonchev–Trinajstić information content (AvgIpc) is 2.70. The lowest BCUT2D eigenvalue weighted by Crippen LogP contribution is -2.16. The molecule has 0 saturated carbocycles. The highest BCUT2D eigenvalue weighted by Crippen LogP contribution is 2.24. The molecule has 94 valence electrons. The summed E-state index contributed by atoms with van der Waals surface area (Å²) in [5, 5.41) is 26.0. The number of nitrogens with zero attached hydrogens (tertiary/aromatic N) is 5. The Hall–Kier alpha value is -2.36. The number of rotatable bonds is 3. The third-order valence-corrected chi connectivity index (χ3v) is 3.14. The zero-order chi connectivity index (χ0) is 13.1. The minimum absolute atomic E-state index is 0.0899. The van der Waals surface area contributed by atoms with E-state index in [1.165, 1.54) is 10.8 Å². The zero-order valence-corrected chi connectivity index (χ0v) is 10.0. The molecule has 0 amide bonds. The summed E-state index contributed by atoms with van der Waals surface area (Å²) in [6, 6.07) is 1.55. The number of aromatic amines is 1. The molecule has 2 rings (SSSR count). The van der Waals surface area contributed by atoms with E-state index < -0.39 is 0 Å². The third kappa shape index (κ3) is 2.18. The van der Waals surface area contributed by atoms with Crippen molar-refractivity contribution in [1.29, 1.82) is 0 Å². The van der Waals surface area contributed by atoms with Crippen molar-refractivity contribution in [3.8, 4) is 0 Å². The third-order valence-electron chi connectivity index (χ3n) is 2.10. The van der Waals surface area contributed by atoms with Crippen LogP contribution >= 0.6 is 11.8 Å². The smallest absolute Gasteiger partial charge is 0.343 e. The Morgan fingerprint density at radius 3 is 3.06 bits per heavy atom. The van der Waals surface area contributed by atoms with Crippen molar-refractivity contribution in [2.24, 2.45) is 17.9 Å². The molecule has 2 heterocycles. The van der Waals surface area contributed by atoms with Gasteiger partial charge in [-0.2, -0.15) is 5.10 Å². The van der Waals surface area contributed by atoms with E-state index in [9.17, 15) is 4.79 Å². The molecule has 0 aliphatic rings. The van der Waals surface area contributed by atoms with Gasteiger partial charge >= 0.3 is 5.69 Å². The van der Waals surface area contributed by atoms with Gasteiger partial charge in [-0.15, -0.1) is 10.2 Å². The maximum absolute atomic E-state index is 11.2. The minimum Gasteiger partial charge on any atom is -0.409 e. The number of oxime groups is 1. The van der Waals surface area contributed by atoms with Crippen molar-refractivity contribution in [3.63, 3.8) is 0 Å². The maximum Gasteiger partial charge on any atom is 0.343 e. The van der Waals surface area contributed by atoms with Crippen molar-refractivity contribution in [1.82, 2.24) is 25.0 Å². The van der Waals surface area contributed by atoms with Crippen LogP contribution in [0.4, 0.5) is 0 Å². The molecule has 0 atom stereocenters. The number of amidine groups is 1. The van der Waals surface area contributed by atoms with Crippen LogP contribution in [0.5, 0.6) is 0 Å². The van der Waals surface area contributed by atoms with Crippen molar-refractivity contribution >= 4 is 17.6 Å². The predicted molar refractivity (Wildman–Crippen MR) is 62.5 cm³/mol. The molecule has 2 aromatic rings. The van der Waals surface area contributed by atoms with Crippen molar-refractivity contribution < 1.29 is 5.21 Å². The van der Waals surface area contributed by atoms with Crippen molar-refractivity contribution in [2.45, 2.75) is 10.2 Å². The van der Waals surface area contributed by atoms with Gasteiger partial charge in [0.2, 0.25) is 0 Å². The number of H-pyrrole nitrogens is 1. The van der Waals surface area contributed by atoms with Gasteiger partial charge in [0, 0.05) is 7.05 Å². The van der Waals surface area contributed by atoms with Gasteiger partial charge in [-0.1, -0.05) is 5.16 Å². The van der Waals surface area contributed by atoms with Gasteiger partial charge in [-0.3, -0.25) is 4.57 Å². The Balaban J connectivity index is 2.41. The standard InChI is InChI=1S/C8H9N7O2S/c1-15-7(16)12-13-8(15)18-6-4(5(9)14-17)2-3-10-11-6/h2-3,17H,1H3,(H2,9,14)(H,12,16). The van der Waals surface area contributed by atoms with E-state index in [4.69, 9.17) is 10.9 Å². The van der Waals surface area contributed by atoms with Crippen LogP contribution in [0, 0.1) is 0 Å². The molecule has 10 heteroatoms. The van der Waals surface area contributed by atoms with Crippen LogP contribution in [-0.2, 0) is 7.05 Å². The van der Waals surface area contributed by atoms with Crippen molar-refractivity contribution in [3.05, 3.63) is 28.3 Å². The molecule has 4 N–H and O–H groups in total. The lowest BCUT2D eigenvalue weighted by Gasteiger charge is -2.04. The molecule has 0 saturated heterocycles. The van der Waals surface area contributed by atoms with E-state index in [0.717, 1.165) is 11.8 Å². The molecular weight excluding hydrogens is 258 g/mol. The lowest BCUT2D eigenvalue weighted by molar-refractivity contribution is 0.318. The quantitative estimate of drug-likeness (QED) is 0.285. The van der Waals surface area contributed by atoms with Crippen LogP contribution in [0.3, 0.4) is 0 Å². The van der Waals surface area contributed by atoms with Crippen molar-refractivity contribution in [2.75, 3.05) is 0 Å². The van der Waals surface area contributed by atoms with Gasteiger partial charge in [0.25, 0.3) is 0 Å². The number of hydrogen-bond donors (Lipinski definition) is 3. The summed E-state index contributed by atoms with van der Waals surface area (Å²) in [7, 11) is 1.56. The predicted octanol–water partition coefficient (Wildman–Crippen LogP) is -0.856.